The molecule has 0 aliphatic heterocycles. The number of rotatable bonds is 47. The average molecular weight is 903 g/mol. The highest BCUT2D eigenvalue weighted by Gasteiger charge is 2.19. The van der Waals surface area contributed by atoms with Crippen LogP contribution in [0, 0.1) is 0 Å². The van der Waals surface area contributed by atoms with Crippen LogP contribution in [0.15, 0.2) is 97.2 Å². The lowest BCUT2D eigenvalue weighted by Gasteiger charge is -2.18. The molecular formula is C59H98O6. The number of allylic oxidation sites excluding steroid dienone is 16. The highest BCUT2D eigenvalue weighted by atomic mass is 16.6. The van der Waals surface area contributed by atoms with Crippen LogP contribution in [0.1, 0.15) is 239 Å². The fourth-order valence-electron chi connectivity index (χ4n) is 7.13. The van der Waals surface area contributed by atoms with Gasteiger partial charge in [-0.15, -0.1) is 0 Å². The van der Waals surface area contributed by atoms with Gasteiger partial charge in [-0.05, 0) is 103 Å². The van der Waals surface area contributed by atoms with E-state index in [1.54, 1.807) is 0 Å². The molecule has 0 N–H and O–H groups in total. The zero-order valence-electron chi connectivity index (χ0n) is 42.2. The summed E-state index contributed by atoms with van der Waals surface area (Å²) >= 11 is 0. The summed E-state index contributed by atoms with van der Waals surface area (Å²) in [6, 6.07) is 0. The van der Waals surface area contributed by atoms with Gasteiger partial charge in [0.15, 0.2) is 6.10 Å². The third-order valence-corrected chi connectivity index (χ3v) is 11.1. The Morgan fingerprint density at radius 3 is 1.14 bits per heavy atom. The summed E-state index contributed by atoms with van der Waals surface area (Å²) in [6.07, 6.45) is 69.6. The molecule has 0 fully saturated rings. The first-order valence-electron chi connectivity index (χ1n) is 26.8. The molecule has 1 unspecified atom stereocenters. The Balaban J connectivity index is 4.48. The number of hydrogen-bond acceptors (Lipinski definition) is 6. The standard InChI is InChI=1S/C59H98O6/c1-4-7-10-13-16-19-22-25-28-31-34-37-40-43-46-49-52-58(61)64-55-56(54-63-57(60)51-48-45-42-39-36-33-30-27-24-21-18-15-12-9-6-3)65-59(62)53-50-47-44-41-38-35-32-29-26-23-20-17-14-11-8-5-2/h7,9-10,12,15-16,18-19,21,24-25,28-29,32,34,37,56H,4-6,8,11,13-14,17,20,22-23,26-27,30-31,33,35-36,38-55H2,1-3H3/b10-7-,12-9-,18-15-,19-16-,24-21-,28-25-,32-29-,37-34-. The molecule has 6 heteroatoms. The van der Waals surface area contributed by atoms with Gasteiger partial charge in [-0.25, -0.2) is 0 Å². The summed E-state index contributed by atoms with van der Waals surface area (Å²) < 4.78 is 16.8. The molecule has 370 valence electrons. The molecule has 1 atom stereocenters. The Hall–Kier alpha value is -3.67. The second-order valence-electron chi connectivity index (χ2n) is 17.4. The molecule has 0 amide bonds. The molecule has 0 aromatic carbocycles. The van der Waals surface area contributed by atoms with Crippen molar-refractivity contribution in [3.05, 3.63) is 97.2 Å². The van der Waals surface area contributed by atoms with Crippen molar-refractivity contribution < 1.29 is 28.6 Å². The predicted molar refractivity (Wildman–Crippen MR) is 279 cm³/mol. The van der Waals surface area contributed by atoms with Gasteiger partial charge in [-0.2, -0.15) is 0 Å². The van der Waals surface area contributed by atoms with Crippen LogP contribution in [0.2, 0.25) is 0 Å². The van der Waals surface area contributed by atoms with E-state index in [1.807, 2.05) is 0 Å². The second kappa shape index (κ2) is 52.9. The molecule has 0 saturated carbocycles. The van der Waals surface area contributed by atoms with Gasteiger partial charge < -0.3 is 14.2 Å². The SMILES string of the molecule is CC\C=C/C=C\C=C/CCCCCCCCCC(=O)OCC(COC(=O)CCCCC/C=C\C/C=C\C/C=C\C/C=C\CC)OC(=O)CCCCCCC/C=C\CCCCCCCCC. The lowest BCUT2D eigenvalue weighted by Crippen LogP contribution is -2.30. The number of carbonyl (C=O) groups is 3. The molecule has 0 rings (SSSR count). The Morgan fingerprint density at radius 2 is 0.677 bits per heavy atom. The highest BCUT2D eigenvalue weighted by molar-refractivity contribution is 5.71. The minimum absolute atomic E-state index is 0.0983. The zero-order valence-corrected chi connectivity index (χ0v) is 42.2. The van der Waals surface area contributed by atoms with Crippen molar-refractivity contribution in [2.45, 2.75) is 245 Å². The van der Waals surface area contributed by atoms with Crippen molar-refractivity contribution in [1.82, 2.24) is 0 Å². The van der Waals surface area contributed by atoms with Crippen molar-refractivity contribution in [1.29, 1.82) is 0 Å². The van der Waals surface area contributed by atoms with Gasteiger partial charge in [0.25, 0.3) is 0 Å². The van der Waals surface area contributed by atoms with Crippen LogP contribution in [0.4, 0.5) is 0 Å². The van der Waals surface area contributed by atoms with E-state index in [0.29, 0.717) is 19.3 Å². The van der Waals surface area contributed by atoms with Gasteiger partial charge in [0.05, 0.1) is 0 Å². The van der Waals surface area contributed by atoms with E-state index >= 15 is 0 Å². The number of hydrogen-bond donors (Lipinski definition) is 0. The topological polar surface area (TPSA) is 78.9 Å². The maximum Gasteiger partial charge on any atom is 0.306 e. The summed E-state index contributed by atoms with van der Waals surface area (Å²) in [5.74, 6) is -0.950. The van der Waals surface area contributed by atoms with E-state index in [4.69, 9.17) is 14.2 Å². The molecule has 0 bridgehead atoms. The maximum absolute atomic E-state index is 12.8. The van der Waals surface area contributed by atoms with Gasteiger partial charge in [0.2, 0.25) is 0 Å². The van der Waals surface area contributed by atoms with E-state index < -0.39 is 6.10 Å². The molecule has 0 saturated heterocycles. The highest BCUT2D eigenvalue weighted by Crippen LogP contribution is 2.14. The molecule has 65 heavy (non-hydrogen) atoms. The quantitative estimate of drug-likeness (QED) is 0.0199. The van der Waals surface area contributed by atoms with E-state index in [9.17, 15) is 14.4 Å². The Bertz CT molecular complexity index is 1310. The lowest BCUT2D eigenvalue weighted by molar-refractivity contribution is -0.167. The summed E-state index contributed by atoms with van der Waals surface area (Å²) in [6.45, 7) is 6.35. The summed E-state index contributed by atoms with van der Waals surface area (Å²) in [5.41, 5.74) is 0. The van der Waals surface area contributed by atoms with Crippen LogP contribution in [0.5, 0.6) is 0 Å². The molecule has 0 aliphatic carbocycles. The van der Waals surface area contributed by atoms with Crippen molar-refractivity contribution in [2.75, 3.05) is 13.2 Å². The van der Waals surface area contributed by atoms with E-state index in [0.717, 1.165) is 116 Å². The number of unbranched alkanes of at least 4 members (excludes halogenated alkanes) is 22. The van der Waals surface area contributed by atoms with E-state index in [2.05, 4.69) is 118 Å². The maximum atomic E-state index is 12.8. The fourth-order valence-corrected chi connectivity index (χ4v) is 7.13. The first kappa shape index (κ1) is 61.3. The second-order valence-corrected chi connectivity index (χ2v) is 17.4. The molecule has 0 heterocycles. The van der Waals surface area contributed by atoms with Crippen LogP contribution < -0.4 is 0 Å². The number of ether oxygens (including phenoxy) is 3. The smallest absolute Gasteiger partial charge is 0.306 e. The monoisotopic (exact) mass is 903 g/mol. The first-order chi connectivity index (χ1) is 32.0. The normalized spacial score (nSPS) is 12.8. The Kier molecular flexibility index (Phi) is 50.0. The largest absolute Gasteiger partial charge is 0.462 e. The third-order valence-electron chi connectivity index (χ3n) is 11.1. The van der Waals surface area contributed by atoms with Gasteiger partial charge in [-0.3, -0.25) is 14.4 Å². The van der Waals surface area contributed by atoms with Crippen LogP contribution in [0.3, 0.4) is 0 Å². The number of esters is 3. The minimum atomic E-state index is -0.801. The Morgan fingerprint density at radius 1 is 0.338 bits per heavy atom. The van der Waals surface area contributed by atoms with Crippen molar-refractivity contribution >= 4 is 17.9 Å². The first-order valence-corrected chi connectivity index (χ1v) is 26.8. The van der Waals surface area contributed by atoms with Crippen molar-refractivity contribution in [2.24, 2.45) is 0 Å². The minimum Gasteiger partial charge on any atom is -0.462 e. The zero-order chi connectivity index (χ0) is 47.2. The molecule has 0 spiro atoms. The van der Waals surface area contributed by atoms with Crippen LogP contribution in [-0.2, 0) is 28.6 Å². The molecular weight excluding hydrogens is 805 g/mol. The van der Waals surface area contributed by atoms with Gasteiger partial charge in [0, 0.05) is 19.3 Å². The fraction of sp³-hybridized carbons (Fsp3) is 0.678. The van der Waals surface area contributed by atoms with Crippen LogP contribution in [-0.4, -0.2) is 37.2 Å². The molecule has 0 aromatic heterocycles. The van der Waals surface area contributed by atoms with Gasteiger partial charge >= 0.3 is 17.9 Å². The van der Waals surface area contributed by atoms with Crippen molar-refractivity contribution in [3.8, 4) is 0 Å². The average Bonchev–Trinajstić information content (AvgIpc) is 3.30. The molecule has 0 radical (unpaired) electrons. The molecule has 0 aliphatic rings. The molecule has 0 aromatic rings. The lowest BCUT2D eigenvalue weighted by atomic mass is 10.1. The van der Waals surface area contributed by atoms with Gasteiger partial charge in [0.1, 0.15) is 13.2 Å². The third kappa shape index (κ3) is 51.2. The van der Waals surface area contributed by atoms with Crippen LogP contribution in [0.25, 0.3) is 0 Å². The van der Waals surface area contributed by atoms with Crippen LogP contribution >= 0.6 is 0 Å². The van der Waals surface area contributed by atoms with E-state index in [1.165, 1.54) is 83.5 Å². The summed E-state index contributed by atoms with van der Waals surface area (Å²) in [7, 11) is 0. The van der Waals surface area contributed by atoms with Gasteiger partial charge in [-0.1, -0.05) is 214 Å². The van der Waals surface area contributed by atoms with Crippen molar-refractivity contribution in [3.63, 3.8) is 0 Å². The summed E-state index contributed by atoms with van der Waals surface area (Å²) in [5, 5.41) is 0. The number of carbonyl (C=O) groups excluding carboxylic acids is 3. The summed E-state index contributed by atoms with van der Waals surface area (Å²) in [4.78, 5) is 38.1. The molecule has 6 nitrogen and oxygen atoms in total. The van der Waals surface area contributed by atoms with E-state index in [-0.39, 0.29) is 31.1 Å². The predicted octanol–water partition coefficient (Wildman–Crippen LogP) is 17.8. The Labute approximate surface area is 400 Å².